The van der Waals surface area contributed by atoms with E-state index in [-0.39, 0.29) is 36.3 Å². The number of aromatic amines is 1. The van der Waals surface area contributed by atoms with Gasteiger partial charge < -0.3 is 20.1 Å². The molecule has 182 valence electrons. The van der Waals surface area contributed by atoms with Crippen molar-refractivity contribution in [3.63, 3.8) is 0 Å². The van der Waals surface area contributed by atoms with E-state index in [1.807, 2.05) is 25.2 Å². The van der Waals surface area contributed by atoms with E-state index in [0.717, 1.165) is 61.8 Å². The predicted octanol–water partition coefficient (Wildman–Crippen LogP) is 4.50. The van der Waals surface area contributed by atoms with Gasteiger partial charge in [-0.1, -0.05) is 24.4 Å². The Balaban J connectivity index is 0.00000274. The summed E-state index contributed by atoms with van der Waals surface area (Å²) in [4.78, 5) is 39.4. The summed E-state index contributed by atoms with van der Waals surface area (Å²) in [5.41, 5.74) is 2.46. The Labute approximate surface area is 214 Å². The monoisotopic (exact) mass is 521 g/mol. The Morgan fingerprint density at radius 2 is 2.06 bits per heavy atom. The maximum absolute atomic E-state index is 13.3. The van der Waals surface area contributed by atoms with Gasteiger partial charge in [0.15, 0.2) is 5.01 Å². The molecule has 2 aliphatic rings. The fraction of sp³-hybridized carbons (Fsp3) is 0.458. The molecule has 3 aromatic rings. The first-order valence-corrected chi connectivity index (χ1v) is 12.6. The highest BCUT2D eigenvalue weighted by atomic mass is 35.5. The lowest BCUT2D eigenvalue weighted by atomic mass is 9.89. The molecule has 0 spiro atoms. The number of hydrogen-bond acceptors (Lipinski definition) is 5. The van der Waals surface area contributed by atoms with Crippen molar-refractivity contribution in [1.82, 2.24) is 25.1 Å². The van der Waals surface area contributed by atoms with Crippen LogP contribution in [0.5, 0.6) is 0 Å². The molecule has 1 aliphatic heterocycles. The zero-order chi connectivity index (χ0) is 23.1. The summed E-state index contributed by atoms with van der Waals surface area (Å²) in [6.45, 7) is 1.81. The molecule has 7 nitrogen and oxygen atoms in total. The van der Waals surface area contributed by atoms with E-state index in [2.05, 4.69) is 27.2 Å². The van der Waals surface area contributed by atoms with Gasteiger partial charge in [-0.15, -0.1) is 23.7 Å². The largest absolute Gasteiger partial charge is 0.351 e. The number of likely N-dealkylation sites (N-methyl/N-ethyl adjacent to an activating group) is 2. The summed E-state index contributed by atoms with van der Waals surface area (Å²) in [6.07, 6.45) is 4.67. The van der Waals surface area contributed by atoms with Crippen molar-refractivity contribution in [2.45, 2.75) is 50.7 Å². The van der Waals surface area contributed by atoms with Gasteiger partial charge in [-0.25, -0.2) is 4.98 Å². The number of H-pyrrole nitrogens is 1. The van der Waals surface area contributed by atoms with E-state index in [1.54, 1.807) is 11.0 Å². The summed E-state index contributed by atoms with van der Waals surface area (Å²) in [5.74, 6) is -0.212. The minimum atomic E-state index is -0.130. The van der Waals surface area contributed by atoms with Crippen molar-refractivity contribution in [2.24, 2.45) is 0 Å². The third-order valence-corrected chi connectivity index (χ3v) is 8.11. The lowest BCUT2D eigenvalue weighted by Crippen LogP contribution is -2.53. The minimum Gasteiger partial charge on any atom is -0.351 e. The van der Waals surface area contributed by atoms with Crippen LogP contribution in [-0.4, -0.2) is 64.3 Å². The molecule has 1 aromatic carbocycles. The van der Waals surface area contributed by atoms with Crippen molar-refractivity contribution >= 4 is 58.1 Å². The van der Waals surface area contributed by atoms with Gasteiger partial charge in [0.25, 0.3) is 11.8 Å². The average Bonchev–Trinajstić information content (AvgIpc) is 3.42. The third kappa shape index (κ3) is 4.96. The number of thiazole rings is 1. The summed E-state index contributed by atoms with van der Waals surface area (Å²) < 4.78 is 0. The number of halogens is 2. The smallest absolute Gasteiger partial charge is 0.280 e. The van der Waals surface area contributed by atoms with Gasteiger partial charge in [0, 0.05) is 53.4 Å². The van der Waals surface area contributed by atoms with Gasteiger partial charge in [0.1, 0.15) is 5.69 Å². The number of benzene rings is 1. The molecular weight excluding hydrogens is 493 g/mol. The van der Waals surface area contributed by atoms with Crippen LogP contribution in [0.25, 0.3) is 10.9 Å². The number of nitrogens with zero attached hydrogens (tertiary/aromatic N) is 3. The Hall–Kier alpha value is -2.13. The maximum Gasteiger partial charge on any atom is 0.280 e. The number of carbonyl (C=O) groups is 2. The average molecular weight is 523 g/mol. The molecule has 2 atom stereocenters. The molecule has 1 aliphatic carbocycles. The van der Waals surface area contributed by atoms with Crippen molar-refractivity contribution in [3.8, 4) is 0 Å². The zero-order valence-electron chi connectivity index (χ0n) is 19.3. The first-order valence-electron chi connectivity index (χ1n) is 11.4. The topological polar surface area (TPSA) is 81.3 Å². The molecule has 2 N–H and O–H groups in total. The molecule has 34 heavy (non-hydrogen) atoms. The molecule has 0 bridgehead atoms. The van der Waals surface area contributed by atoms with Crippen LogP contribution in [0.2, 0.25) is 5.02 Å². The highest BCUT2D eigenvalue weighted by Crippen LogP contribution is 2.28. The van der Waals surface area contributed by atoms with Crippen LogP contribution in [0.15, 0.2) is 24.3 Å². The minimum absolute atomic E-state index is 0. The van der Waals surface area contributed by atoms with Crippen LogP contribution in [0.3, 0.4) is 0 Å². The molecule has 0 saturated heterocycles. The predicted molar refractivity (Wildman–Crippen MR) is 138 cm³/mol. The molecule has 10 heteroatoms. The van der Waals surface area contributed by atoms with Crippen LogP contribution < -0.4 is 5.32 Å². The van der Waals surface area contributed by atoms with Gasteiger partial charge in [0.05, 0.1) is 11.7 Å². The van der Waals surface area contributed by atoms with Crippen LogP contribution in [0.1, 0.15) is 56.5 Å². The first-order chi connectivity index (χ1) is 15.9. The van der Waals surface area contributed by atoms with E-state index in [4.69, 9.17) is 11.6 Å². The second-order valence-electron chi connectivity index (χ2n) is 9.14. The summed E-state index contributed by atoms with van der Waals surface area (Å²) in [7, 11) is 3.91. The van der Waals surface area contributed by atoms with Crippen molar-refractivity contribution < 1.29 is 9.59 Å². The van der Waals surface area contributed by atoms with E-state index >= 15 is 0 Å². The van der Waals surface area contributed by atoms with E-state index in [9.17, 15) is 9.59 Å². The van der Waals surface area contributed by atoms with E-state index < -0.39 is 0 Å². The Morgan fingerprint density at radius 1 is 1.26 bits per heavy atom. The molecular formula is C24H29Cl2N5O2S. The SMILES string of the molecule is CN1CCc2nc(C(=O)N[C@@H]3CCCC[C@@H]3N(C)C(=O)c3cc4cc(Cl)ccc4[nH]3)sc2C1.Cl. The third-order valence-electron chi connectivity index (χ3n) is 6.79. The highest BCUT2D eigenvalue weighted by Gasteiger charge is 2.33. The number of nitrogens with one attached hydrogen (secondary N) is 2. The van der Waals surface area contributed by atoms with Crippen LogP contribution >= 0.6 is 35.3 Å². The van der Waals surface area contributed by atoms with Crippen LogP contribution in [0.4, 0.5) is 0 Å². The number of fused-ring (bicyclic) bond motifs is 2. The molecule has 5 rings (SSSR count). The second kappa shape index (κ2) is 10.2. The normalized spacial score (nSPS) is 20.4. The van der Waals surface area contributed by atoms with Crippen molar-refractivity contribution in [1.29, 1.82) is 0 Å². The highest BCUT2D eigenvalue weighted by molar-refractivity contribution is 7.13. The molecule has 0 unspecified atom stereocenters. The Kier molecular flexibility index (Phi) is 7.52. The molecule has 2 aromatic heterocycles. The maximum atomic E-state index is 13.3. The van der Waals surface area contributed by atoms with E-state index in [1.165, 1.54) is 16.2 Å². The van der Waals surface area contributed by atoms with Crippen LogP contribution in [-0.2, 0) is 13.0 Å². The Morgan fingerprint density at radius 3 is 2.88 bits per heavy atom. The summed E-state index contributed by atoms with van der Waals surface area (Å²) >= 11 is 7.59. The van der Waals surface area contributed by atoms with E-state index in [0.29, 0.717) is 15.7 Å². The van der Waals surface area contributed by atoms with Gasteiger partial charge in [-0.2, -0.15) is 0 Å². The Bertz CT molecular complexity index is 1210. The lowest BCUT2D eigenvalue weighted by molar-refractivity contribution is 0.0622. The van der Waals surface area contributed by atoms with Crippen LogP contribution in [0, 0.1) is 0 Å². The number of hydrogen-bond donors (Lipinski definition) is 2. The second-order valence-corrected chi connectivity index (χ2v) is 10.7. The molecule has 1 saturated carbocycles. The quantitative estimate of drug-likeness (QED) is 0.529. The van der Waals surface area contributed by atoms with Gasteiger partial charge in [-0.3, -0.25) is 9.59 Å². The number of carbonyl (C=O) groups excluding carboxylic acids is 2. The van der Waals surface area contributed by atoms with Crippen molar-refractivity contribution in [3.05, 3.63) is 50.6 Å². The molecule has 2 amide bonds. The van der Waals surface area contributed by atoms with Gasteiger partial charge in [0.2, 0.25) is 0 Å². The van der Waals surface area contributed by atoms with Crippen molar-refractivity contribution in [2.75, 3.05) is 20.6 Å². The zero-order valence-corrected chi connectivity index (χ0v) is 21.7. The number of amides is 2. The number of rotatable bonds is 4. The van der Waals surface area contributed by atoms with Gasteiger partial charge >= 0.3 is 0 Å². The molecule has 1 fully saturated rings. The van der Waals surface area contributed by atoms with Gasteiger partial charge in [-0.05, 0) is 44.2 Å². The molecule has 3 heterocycles. The first kappa shape index (κ1) is 25.0. The standard InChI is InChI=1S/C24H28ClN5O2S.ClH/c1-29-10-9-18-21(13-29)33-23(28-18)22(31)27-17-5-3-4-6-20(17)30(2)24(32)19-12-14-11-15(25)7-8-16(14)26-19;/h7-8,11-12,17,20,26H,3-6,9-10,13H2,1-2H3,(H,27,31);1H/t17-,20+;/m1./s1. The summed E-state index contributed by atoms with van der Waals surface area (Å²) in [5, 5.41) is 5.28. The molecule has 0 radical (unpaired) electrons. The summed E-state index contributed by atoms with van der Waals surface area (Å²) in [6, 6.07) is 7.21. The number of aromatic nitrogens is 2. The lowest BCUT2D eigenvalue weighted by Gasteiger charge is -2.38. The fourth-order valence-corrected chi connectivity index (χ4v) is 6.22. The fourth-order valence-electron chi connectivity index (χ4n) is 4.95.